The Morgan fingerprint density at radius 1 is 1.08 bits per heavy atom. The number of benzene rings is 2. The number of ether oxygens (including phenoxy) is 1. The van der Waals surface area contributed by atoms with Crippen LogP contribution in [0.4, 0.5) is 4.79 Å². The molecule has 1 aliphatic heterocycles. The van der Waals surface area contributed by atoms with Crippen molar-refractivity contribution in [2.45, 2.75) is 70.6 Å². The number of halogens is 1. The molecular formula is C28H36BrN3O3Si. The maximum absolute atomic E-state index is 13.4. The SMILES string of the molecule is CC(C)(C)[Si](C)(C)O[C@@H]1C[C@@H](c2nccn2Cc2ccc(Br)cc2)N(C(=O)OCc2ccccc2)C1. The third-order valence-electron chi connectivity index (χ3n) is 7.28. The van der Waals surface area contributed by atoms with Crippen LogP contribution in [0.5, 0.6) is 0 Å². The zero-order valence-electron chi connectivity index (χ0n) is 21.8. The molecule has 1 fully saturated rings. The lowest BCUT2D eigenvalue weighted by Gasteiger charge is -2.38. The third kappa shape index (κ3) is 6.28. The van der Waals surface area contributed by atoms with Crippen LogP contribution in [-0.4, -0.2) is 41.5 Å². The van der Waals surface area contributed by atoms with E-state index in [0.29, 0.717) is 19.5 Å². The fraction of sp³-hybridized carbons (Fsp3) is 0.429. The van der Waals surface area contributed by atoms with Crippen molar-refractivity contribution in [2.24, 2.45) is 0 Å². The van der Waals surface area contributed by atoms with Crippen LogP contribution in [0.2, 0.25) is 18.1 Å². The lowest BCUT2D eigenvalue weighted by molar-refractivity contribution is 0.0868. The fourth-order valence-corrected chi connectivity index (χ4v) is 5.89. The molecule has 0 aliphatic carbocycles. The highest BCUT2D eigenvalue weighted by Crippen LogP contribution is 2.41. The summed E-state index contributed by atoms with van der Waals surface area (Å²) < 4.78 is 15.7. The van der Waals surface area contributed by atoms with E-state index in [1.165, 1.54) is 5.56 Å². The number of nitrogens with zero attached hydrogens (tertiary/aromatic N) is 3. The maximum atomic E-state index is 13.4. The fourth-order valence-electron chi connectivity index (χ4n) is 4.26. The molecule has 1 saturated heterocycles. The van der Waals surface area contributed by atoms with Crippen molar-refractivity contribution in [1.82, 2.24) is 14.5 Å². The second-order valence-electron chi connectivity index (χ2n) is 11.0. The Balaban J connectivity index is 1.56. The summed E-state index contributed by atoms with van der Waals surface area (Å²) in [6.07, 6.45) is 4.10. The van der Waals surface area contributed by atoms with Crippen LogP contribution in [0.1, 0.15) is 50.2 Å². The summed E-state index contributed by atoms with van der Waals surface area (Å²) in [5.41, 5.74) is 2.13. The number of likely N-dealkylation sites (tertiary alicyclic amines) is 1. The first-order valence-corrected chi connectivity index (χ1v) is 16.1. The van der Waals surface area contributed by atoms with Crippen molar-refractivity contribution in [3.8, 4) is 0 Å². The Bertz CT molecular complexity index is 1160. The minimum atomic E-state index is -2.01. The summed E-state index contributed by atoms with van der Waals surface area (Å²) in [6, 6.07) is 17.8. The van der Waals surface area contributed by atoms with Gasteiger partial charge in [0, 0.05) is 36.4 Å². The standard InChI is InChI=1S/C28H36BrN3O3Si/c1-28(2,3)36(4,5)35-24-17-25(32(19-24)27(33)34-20-22-9-7-6-8-10-22)26-30-15-16-31(26)18-21-11-13-23(29)14-12-21/h6-16,24-25H,17-20H2,1-5H3/t24-,25+/m1/s1. The number of carbonyl (C=O) groups excluding carboxylic acids is 1. The van der Waals surface area contributed by atoms with Gasteiger partial charge in [-0.25, -0.2) is 9.78 Å². The van der Waals surface area contributed by atoms with Gasteiger partial charge in [-0.15, -0.1) is 0 Å². The lowest BCUT2D eigenvalue weighted by atomic mass is 10.1. The van der Waals surface area contributed by atoms with E-state index in [2.05, 4.69) is 66.5 Å². The maximum Gasteiger partial charge on any atom is 0.410 e. The van der Waals surface area contributed by atoms with E-state index in [9.17, 15) is 4.79 Å². The molecule has 1 aromatic heterocycles. The zero-order chi connectivity index (χ0) is 25.9. The zero-order valence-corrected chi connectivity index (χ0v) is 24.4. The second kappa shape index (κ2) is 10.9. The van der Waals surface area contributed by atoms with Crippen molar-refractivity contribution in [2.75, 3.05) is 6.54 Å². The first-order chi connectivity index (χ1) is 17.0. The van der Waals surface area contributed by atoms with Crippen LogP contribution in [0, 0.1) is 0 Å². The summed E-state index contributed by atoms with van der Waals surface area (Å²) in [5.74, 6) is 0.857. The summed E-state index contributed by atoms with van der Waals surface area (Å²) in [6.45, 7) is 12.6. The molecule has 192 valence electrons. The summed E-state index contributed by atoms with van der Waals surface area (Å²) >= 11 is 3.50. The predicted octanol–water partition coefficient (Wildman–Crippen LogP) is 7.17. The van der Waals surface area contributed by atoms with E-state index in [0.717, 1.165) is 15.9 Å². The van der Waals surface area contributed by atoms with Gasteiger partial charge < -0.3 is 13.7 Å². The topological polar surface area (TPSA) is 56.6 Å². The smallest absolute Gasteiger partial charge is 0.410 e. The molecule has 2 aromatic carbocycles. The molecule has 8 heteroatoms. The normalized spacial score (nSPS) is 18.4. The minimum absolute atomic E-state index is 0.0574. The van der Waals surface area contributed by atoms with E-state index >= 15 is 0 Å². The Morgan fingerprint density at radius 2 is 1.78 bits per heavy atom. The van der Waals surface area contributed by atoms with Gasteiger partial charge in [0.05, 0.1) is 12.1 Å². The first-order valence-electron chi connectivity index (χ1n) is 12.4. The molecule has 4 rings (SSSR count). The number of carbonyl (C=O) groups is 1. The van der Waals surface area contributed by atoms with Crippen molar-refractivity contribution in [1.29, 1.82) is 0 Å². The number of imidazole rings is 1. The van der Waals surface area contributed by atoms with Gasteiger partial charge in [0.2, 0.25) is 0 Å². The Kier molecular flexibility index (Phi) is 8.07. The van der Waals surface area contributed by atoms with Crippen molar-refractivity contribution < 1.29 is 14.0 Å². The van der Waals surface area contributed by atoms with Gasteiger partial charge >= 0.3 is 6.09 Å². The largest absolute Gasteiger partial charge is 0.445 e. The van der Waals surface area contributed by atoms with E-state index in [1.807, 2.05) is 54.9 Å². The molecule has 0 spiro atoms. The Hall–Kier alpha value is -2.42. The van der Waals surface area contributed by atoms with Crippen LogP contribution in [0.15, 0.2) is 71.5 Å². The Labute approximate surface area is 223 Å². The number of aromatic nitrogens is 2. The van der Waals surface area contributed by atoms with Crippen LogP contribution < -0.4 is 0 Å². The van der Waals surface area contributed by atoms with Crippen LogP contribution in [0.3, 0.4) is 0 Å². The van der Waals surface area contributed by atoms with Gasteiger partial charge in [-0.3, -0.25) is 4.90 Å². The van der Waals surface area contributed by atoms with Crippen LogP contribution in [0.25, 0.3) is 0 Å². The molecule has 2 atom stereocenters. The summed E-state index contributed by atoms with van der Waals surface area (Å²) in [4.78, 5) is 19.9. The molecule has 0 saturated carbocycles. The molecular weight excluding hydrogens is 534 g/mol. The average Bonchev–Trinajstić information content (AvgIpc) is 3.45. The van der Waals surface area contributed by atoms with Gasteiger partial charge in [-0.05, 0) is 41.4 Å². The van der Waals surface area contributed by atoms with E-state index in [1.54, 1.807) is 4.90 Å². The monoisotopic (exact) mass is 569 g/mol. The van der Waals surface area contributed by atoms with Crippen molar-refractivity contribution in [3.05, 3.63) is 88.4 Å². The van der Waals surface area contributed by atoms with Crippen molar-refractivity contribution in [3.63, 3.8) is 0 Å². The number of hydrogen-bond acceptors (Lipinski definition) is 4. The highest BCUT2D eigenvalue weighted by atomic mass is 79.9. The lowest BCUT2D eigenvalue weighted by Crippen LogP contribution is -2.44. The molecule has 0 unspecified atom stereocenters. The highest BCUT2D eigenvalue weighted by Gasteiger charge is 2.45. The van der Waals surface area contributed by atoms with Crippen LogP contribution >= 0.6 is 15.9 Å². The number of rotatable bonds is 7. The molecule has 0 radical (unpaired) electrons. The summed E-state index contributed by atoms with van der Waals surface area (Å²) in [5, 5.41) is 0.0871. The van der Waals surface area contributed by atoms with Crippen molar-refractivity contribution >= 4 is 30.3 Å². The molecule has 1 aliphatic rings. The quantitative estimate of drug-likeness (QED) is 0.283. The van der Waals surface area contributed by atoms with Gasteiger partial charge in [-0.2, -0.15) is 0 Å². The van der Waals surface area contributed by atoms with Gasteiger partial charge in [0.25, 0.3) is 0 Å². The molecule has 2 heterocycles. The van der Waals surface area contributed by atoms with Gasteiger partial charge in [0.1, 0.15) is 12.4 Å². The van der Waals surface area contributed by atoms with E-state index in [4.69, 9.17) is 14.1 Å². The predicted molar refractivity (Wildman–Crippen MR) is 148 cm³/mol. The molecule has 0 N–H and O–H groups in total. The molecule has 36 heavy (non-hydrogen) atoms. The molecule has 3 aromatic rings. The average molecular weight is 571 g/mol. The highest BCUT2D eigenvalue weighted by molar-refractivity contribution is 9.10. The number of hydrogen-bond donors (Lipinski definition) is 0. The van der Waals surface area contributed by atoms with Crippen LogP contribution in [-0.2, 0) is 22.3 Å². The van der Waals surface area contributed by atoms with Gasteiger partial charge in [-0.1, -0.05) is 79.2 Å². The Morgan fingerprint density at radius 3 is 2.44 bits per heavy atom. The summed E-state index contributed by atoms with van der Waals surface area (Å²) in [7, 11) is -2.01. The van der Waals surface area contributed by atoms with E-state index < -0.39 is 8.32 Å². The number of amides is 1. The third-order valence-corrected chi connectivity index (χ3v) is 12.3. The molecule has 6 nitrogen and oxygen atoms in total. The second-order valence-corrected chi connectivity index (χ2v) is 16.7. The molecule has 0 bridgehead atoms. The first kappa shape index (κ1) is 26.6. The van der Waals surface area contributed by atoms with E-state index in [-0.39, 0.29) is 29.9 Å². The minimum Gasteiger partial charge on any atom is -0.445 e. The van der Waals surface area contributed by atoms with Gasteiger partial charge in [0.15, 0.2) is 8.32 Å². The molecule has 1 amide bonds.